The number of furan rings is 1. The average molecular weight is 264 g/mol. The standard InChI is InChI=1S/C13H16N2O4/c1-9(2)15(8-13(16)17)7-10-6-12(19-14-10)11-4-3-5-18-11/h3-6,9H,7-8H2,1-2H3,(H,16,17). The summed E-state index contributed by atoms with van der Waals surface area (Å²) in [6.45, 7) is 4.28. The Morgan fingerprint density at radius 1 is 1.47 bits per heavy atom. The summed E-state index contributed by atoms with van der Waals surface area (Å²) >= 11 is 0. The molecule has 0 atom stereocenters. The highest BCUT2D eigenvalue weighted by molar-refractivity contribution is 5.69. The topological polar surface area (TPSA) is 79.7 Å². The van der Waals surface area contributed by atoms with Gasteiger partial charge in [0.1, 0.15) is 0 Å². The number of carboxylic acid groups (broad SMARTS) is 1. The van der Waals surface area contributed by atoms with Crippen LogP contribution in [0.25, 0.3) is 11.5 Å². The molecule has 0 bridgehead atoms. The molecule has 0 aromatic carbocycles. The number of nitrogens with zero attached hydrogens (tertiary/aromatic N) is 2. The summed E-state index contributed by atoms with van der Waals surface area (Å²) in [6, 6.07) is 5.42. The summed E-state index contributed by atoms with van der Waals surface area (Å²) in [7, 11) is 0. The SMILES string of the molecule is CC(C)N(CC(=O)O)Cc1cc(-c2ccco2)on1. The molecule has 0 aliphatic heterocycles. The van der Waals surface area contributed by atoms with Crippen molar-refractivity contribution in [2.24, 2.45) is 0 Å². The zero-order valence-corrected chi connectivity index (χ0v) is 10.9. The maximum Gasteiger partial charge on any atom is 0.317 e. The van der Waals surface area contributed by atoms with Gasteiger partial charge in [0.2, 0.25) is 5.76 Å². The Kier molecular flexibility index (Phi) is 4.01. The summed E-state index contributed by atoms with van der Waals surface area (Å²) in [5.41, 5.74) is 0.682. The smallest absolute Gasteiger partial charge is 0.317 e. The van der Waals surface area contributed by atoms with Gasteiger partial charge in [-0.15, -0.1) is 0 Å². The number of aliphatic carboxylic acids is 1. The fraction of sp³-hybridized carbons (Fsp3) is 0.385. The molecule has 0 saturated carbocycles. The minimum atomic E-state index is -0.858. The lowest BCUT2D eigenvalue weighted by atomic mass is 10.2. The Balaban J connectivity index is 2.08. The van der Waals surface area contributed by atoms with Gasteiger partial charge in [-0.1, -0.05) is 5.16 Å². The first kappa shape index (κ1) is 13.4. The molecule has 0 amide bonds. The molecule has 0 saturated heterocycles. The second-order valence-corrected chi connectivity index (χ2v) is 4.55. The molecule has 6 nitrogen and oxygen atoms in total. The molecule has 1 N–H and O–H groups in total. The summed E-state index contributed by atoms with van der Waals surface area (Å²) in [5, 5.41) is 12.8. The number of hydrogen-bond donors (Lipinski definition) is 1. The van der Waals surface area contributed by atoms with Crippen molar-refractivity contribution < 1.29 is 18.8 Å². The van der Waals surface area contributed by atoms with Crippen LogP contribution in [0, 0.1) is 0 Å². The van der Waals surface area contributed by atoms with Crippen molar-refractivity contribution in [3.8, 4) is 11.5 Å². The van der Waals surface area contributed by atoms with Crippen LogP contribution in [0.4, 0.5) is 0 Å². The predicted octanol–water partition coefficient (Wildman–Crippen LogP) is 2.23. The van der Waals surface area contributed by atoms with Gasteiger partial charge in [-0.05, 0) is 26.0 Å². The van der Waals surface area contributed by atoms with E-state index in [-0.39, 0.29) is 12.6 Å². The van der Waals surface area contributed by atoms with E-state index in [1.165, 1.54) is 0 Å². The Morgan fingerprint density at radius 3 is 2.84 bits per heavy atom. The number of hydrogen-bond acceptors (Lipinski definition) is 5. The van der Waals surface area contributed by atoms with Gasteiger partial charge < -0.3 is 14.0 Å². The highest BCUT2D eigenvalue weighted by Gasteiger charge is 2.17. The monoisotopic (exact) mass is 264 g/mol. The van der Waals surface area contributed by atoms with Gasteiger partial charge in [0.05, 0.1) is 18.5 Å². The van der Waals surface area contributed by atoms with E-state index >= 15 is 0 Å². The first-order chi connectivity index (χ1) is 9.06. The van der Waals surface area contributed by atoms with Gasteiger partial charge in [0.15, 0.2) is 5.76 Å². The quantitative estimate of drug-likeness (QED) is 0.861. The van der Waals surface area contributed by atoms with Gasteiger partial charge in [-0.3, -0.25) is 9.69 Å². The van der Waals surface area contributed by atoms with E-state index in [1.807, 2.05) is 13.8 Å². The van der Waals surface area contributed by atoms with Crippen molar-refractivity contribution >= 4 is 5.97 Å². The Hall–Kier alpha value is -2.08. The van der Waals surface area contributed by atoms with Crippen LogP contribution in [0.5, 0.6) is 0 Å². The van der Waals surface area contributed by atoms with E-state index in [0.29, 0.717) is 23.8 Å². The molecule has 0 aliphatic rings. The van der Waals surface area contributed by atoms with Gasteiger partial charge in [-0.2, -0.15) is 0 Å². The molecule has 0 fully saturated rings. The van der Waals surface area contributed by atoms with Crippen molar-refractivity contribution in [2.75, 3.05) is 6.54 Å². The third-order valence-corrected chi connectivity index (χ3v) is 2.76. The van der Waals surface area contributed by atoms with E-state index in [1.54, 1.807) is 29.4 Å². The van der Waals surface area contributed by atoms with Gasteiger partial charge in [0, 0.05) is 18.7 Å². The maximum atomic E-state index is 10.8. The van der Waals surface area contributed by atoms with E-state index in [4.69, 9.17) is 14.0 Å². The van der Waals surface area contributed by atoms with E-state index in [2.05, 4.69) is 5.16 Å². The van der Waals surface area contributed by atoms with Crippen LogP contribution in [-0.2, 0) is 11.3 Å². The normalized spacial score (nSPS) is 11.4. The van der Waals surface area contributed by atoms with Crippen LogP contribution >= 0.6 is 0 Å². The predicted molar refractivity (Wildman–Crippen MR) is 67.4 cm³/mol. The number of aromatic nitrogens is 1. The minimum absolute atomic E-state index is 0.0272. The molecular formula is C13H16N2O4. The fourth-order valence-corrected chi connectivity index (χ4v) is 1.72. The molecule has 102 valence electrons. The first-order valence-corrected chi connectivity index (χ1v) is 6.01. The number of carbonyl (C=O) groups is 1. The lowest BCUT2D eigenvalue weighted by Gasteiger charge is -2.22. The Morgan fingerprint density at radius 2 is 2.26 bits per heavy atom. The molecule has 19 heavy (non-hydrogen) atoms. The Labute approximate surface area is 110 Å². The number of rotatable bonds is 6. The fourth-order valence-electron chi connectivity index (χ4n) is 1.72. The summed E-state index contributed by atoms with van der Waals surface area (Å²) in [4.78, 5) is 12.6. The first-order valence-electron chi connectivity index (χ1n) is 6.01. The molecule has 0 spiro atoms. The highest BCUT2D eigenvalue weighted by atomic mass is 16.5. The lowest BCUT2D eigenvalue weighted by molar-refractivity contribution is -0.139. The van der Waals surface area contributed by atoms with Gasteiger partial charge in [-0.25, -0.2) is 0 Å². The zero-order valence-electron chi connectivity index (χ0n) is 10.9. The zero-order chi connectivity index (χ0) is 13.8. The molecule has 2 aromatic heterocycles. The average Bonchev–Trinajstić information content (AvgIpc) is 2.97. The lowest BCUT2D eigenvalue weighted by Crippen LogP contribution is -2.35. The minimum Gasteiger partial charge on any atom is -0.480 e. The summed E-state index contributed by atoms with van der Waals surface area (Å²) < 4.78 is 10.4. The molecule has 2 heterocycles. The van der Waals surface area contributed by atoms with Crippen LogP contribution in [-0.4, -0.2) is 33.7 Å². The second-order valence-electron chi connectivity index (χ2n) is 4.55. The van der Waals surface area contributed by atoms with Crippen molar-refractivity contribution in [1.29, 1.82) is 0 Å². The van der Waals surface area contributed by atoms with E-state index in [0.717, 1.165) is 0 Å². The van der Waals surface area contributed by atoms with Crippen LogP contribution in [0.3, 0.4) is 0 Å². The summed E-state index contributed by atoms with van der Waals surface area (Å²) in [6.07, 6.45) is 1.56. The van der Waals surface area contributed by atoms with Gasteiger partial charge >= 0.3 is 5.97 Å². The third kappa shape index (κ3) is 3.45. The Bertz CT molecular complexity index is 531. The molecule has 0 aliphatic carbocycles. The van der Waals surface area contributed by atoms with Crippen molar-refractivity contribution in [1.82, 2.24) is 10.1 Å². The molecule has 6 heteroatoms. The largest absolute Gasteiger partial charge is 0.480 e. The van der Waals surface area contributed by atoms with Crippen LogP contribution < -0.4 is 0 Å². The van der Waals surface area contributed by atoms with Gasteiger partial charge in [0.25, 0.3) is 0 Å². The molecule has 2 rings (SSSR count). The molecule has 0 unspecified atom stereocenters. The highest BCUT2D eigenvalue weighted by Crippen LogP contribution is 2.21. The second kappa shape index (κ2) is 5.71. The molecular weight excluding hydrogens is 248 g/mol. The van der Waals surface area contributed by atoms with Crippen molar-refractivity contribution in [3.63, 3.8) is 0 Å². The van der Waals surface area contributed by atoms with Crippen LogP contribution in [0.15, 0.2) is 33.4 Å². The third-order valence-electron chi connectivity index (χ3n) is 2.76. The van der Waals surface area contributed by atoms with Crippen LogP contribution in [0.1, 0.15) is 19.5 Å². The van der Waals surface area contributed by atoms with E-state index in [9.17, 15) is 4.79 Å². The van der Waals surface area contributed by atoms with Crippen molar-refractivity contribution in [2.45, 2.75) is 26.4 Å². The maximum absolute atomic E-state index is 10.8. The summed E-state index contributed by atoms with van der Waals surface area (Å²) in [5.74, 6) is 0.288. The number of carboxylic acids is 1. The molecule has 0 radical (unpaired) electrons. The molecule has 2 aromatic rings. The van der Waals surface area contributed by atoms with Crippen LogP contribution in [0.2, 0.25) is 0 Å². The van der Waals surface area contributed by atoms with Crippen molar-refractivity contribution in [3.05, 3.63) is 30.2 Å². The van der Waals surface area contributed by atoms with E-state index < -0.39 is 5.97 Å².